The molecule has 2 N–H and O–H groups in total. The molecule has 2 amide bonds. The smallest absolute Gasteiger partial charge is 0.313 e. The minimum absolute atomic E-state index is 0.195. The maximum Gasteiger partial charge on any atom is 0.313 e. The SMILES string of the molecule is O=C(NCC1(Sc2ccccc2)CCOCC1)C(=O)Nc1ccccc1Cl. The van der Waals surface area contributed by atoms with Gasteiger partial charge in [-0.05, 0) is 37.1 Å². The van der Waals surface area contributed by atoms with Crippen molar-refractivity contribution in [2.75, 3.05) is 25.1 Å². The number of para-hydroxylation sites is 1. The molecule has 1 heterocycles. The van der Waals surface area contributed by atoms with E-state index in [9.17, 15) is 9.59 Å². The molecule has 2 aromatic carbocycles. The predicted octanol–water partition coefficient (Wildman–Crippen LogP) is 3.74. The molecular weight excluding hydrogens is 384 g/mol. The zero-order chi connectivity index (χ0) is 19.1. The fourth-order valence-corrected chi connectivity index (χ4v) is 4.35. The Kier molecular flexibility index (Phi) is 6.77. The molecule has 1 aliphatic heterocycles. The Hall–Kier alpha value is -2.02. The maximum absolute atomic E-state index is 12.3. The lowest BCUT2D eigenvalue weighted by Gasteiger charge is -2.36. The third-order valence-electron chi connectivity index (χ3n) is 4.38. The van der Waals surface area contributed by atoms with Crippen LogP contribution in [0.4, 0.5) is 5.69 Å². The van der Waals surface area contributed by atoms with Crippen molar-refractivity contribution in [3.05, 3.63) is 59.6 Å². The average Bonchev–Trinajstić information content (AvgIpc) is 2.69. The van der Waals surface area contributed by atoms with Crippen LogP contribution < -0.4 is 10.6 Å². The van der Waals surface area contributed by atoms with Gasteiger partial charge in [0.1, 0.15) is 0 Å². The molecule has 27 heavy (non-hydrogen) atoms. The highest BCUT2D eigenvalue weighted by Crippen LogP contribution is 2.40. The summed E-state index contributed by atoms with van der Waals surface area (Å²) < 4.78 is 5.29. The topological polar surface area (TPSA) is 67.4 Å². The molecule has 0 aliphatic carbocycles. The normalized spacial score (nSPS) is 15.7. The van der Waals surface area contributed by atoms with Gasteiger partial charge in [-0.2, -0.15) is 0 Å². The lowest BCUT2D eigenvalue weighted by molar-refractivity contribution is -0.136. The molecule has 7 heteroatoms. The number of carbonyl (C=O) groups excluding carboxylic acids is 2. The molecule has 2 aromatic rings. The van der Waals surface area contributed by atoms with E-state index in [0.29, 0.717) is 30.5 Å². The van der Waals surface area contributed by atoms with Crippen molar-refractivity contribution in [3.8, 4) is 0 Å². The molecule has 1 aliphatic rings. The Morgan fingerprint density at radius 1 is 1.00 bits per heavy atom. The Morgan fingerprint density at radius 3 is 2.37 bits per heavy atom. The number of carbonyl (C=O) groups is 2. The molecule has 0 bridgehead atoms. The number of ether oxygens (including phenoxy) is 1. The number of hydrogen-bond acceptors (Lipinski definition) is 4. The minimum atomic E-state index is -0.727. The van der Waals surface area contributed by atoms with Gasteiger partial charge < -0.3 is 15.4 Å². The average molecular weight is 405 g/mol. The Bertz CT molecular complexity index is 795. The highest BCUT2D eigenvalue weighted by molar-refractivity contribution is 8.00. The zero-order valence-corrected chi connectivity index (χ0v) is 16.3. The third kappa shape index (κ3) is 5.48. The lowest BCUT2D eigenvalue weighted by atomic mass is 9.99. The summed E-state index contributed by atoms with van der Waals surface area (Å²) in [7, 11) is 0. The first kappa shape index (κ1) is 19.7. The van der Waals surface area contributed by atoms with E-state index in [1.54, 1.807) is 36.0 Å². The molecule has 0 unspecified atom stereocenters. The molecule has 1 fully saturated rings. The van der Waals surface area contributed by atoms with Crippen molar-refractivity contribution in [2.45, 2.75) is 22.5 Å². The number of nitrogens with one attached hydrogen (secondary N) is 2. The van der Waals surface area contributed by atoms with Crippen molar-refractivity contribution in [2.24, 2.45) is 0 Å². The Balaban J connectivity index is 1.61. The molecule has 0 radical (unpaired) electrons. The third-order valence-corrected chi connectivity index (χ3v) is 6.20. The van der Waals surface area contributed by atoms with Crippen molar-refractivity contribution >= 4 is 40.9 Å². The van der Waals surface area contributed by atoms with Crippen LogP contribution in [0.5, 0.6) is 0 Å². The van der Waals surface area contributed by atoms with E-state index in [1.165, 1.54) is 0 Å². The molecule has 1 saturated heterocycles. The van der Waals surface area contributed by atoms with Gasteiger partial charge in [0.15, 0.2) is 0 Å². The van der Waals surface area contributed by atoms with Crippen LogP contribution in [0.3, 0.4) is 0 Å². The number of anilines is 1. The van der Waals surface area contributed by atoms with Crippen LogP contribution in [0.15, 0.2) is 59.5 Å². The second-order valence-electron chi connectivity index (χ2n) is 6.33. The highest BCUT2D eigenvalue weighted by atomic mass is 35.5. The number of benzene rings is 2. The largest absolute Gasteiger partial charge is 0.381 e. The second kappa shape index (κ2) is 9.26. The highest BCUT2D eigenvalue weighted by Gasteiger charge is 2.34. The summed E-state index contributed by atoms with van der Waals surface area (Å²) in [6.45, 7) is 1.67. The molecule has 0 aromatic heterocycles. The van der Waals surface area contributed by atoms with Gasteiger partial charge in [-0.25, -0.2) is 0 Å². The van der Waals surface area contributed by atoms with E-state index in [4.69, 9.17) is 16.3 Å². The van der Waals surface area contributed by atoms with Gasteiger partial charge in [-0.1, -0.05) is 41.9 Å². The van der Waals surface area contributed by atoms with Gasteiger partial charge in [0.05, 0.1) is 10.7 Å². The summed E-state index contributed by atoms with van der Waals surface area (Å²) >= 11 is 7.75. The van der Waals surface area contributed by atoms with E-state index in [1.807, 2.05) is 30.3 Å². The van der Waals surface area contributed by atoms with E-state index in [0.717, 1.165) is 17.7 Å². The summed E-state index contributed by atoms with van der Waals surface area (Å²) in [6, 6.07) is 16.9. The quantitative estimate of drug-likeness (QED) is 0.745. The number of amides is 2. The van der Waals surface area contributed by atoms with E-state index in [2.05, 4.69) is 10.6 Å². The summed E-state index contributed by atoms with van der Waals surface area (Å²) in [5.41, 5.74) is 0.416. The molecule has 142 valence electrons. The van der Waals surface area contributed by atoms with Gasteiger partial charge in [-0.15, -0.1) is 11.8 Å². The first-order valence-electron chi connectivity index (χ1n) is 8.74. The number of halogens is 1. The fraction of sp³-hybridized carbons (Fsp3) is 0.300. The van der Waals surface area contributed by atoms with Crippen LogP contribution in [-0.2, 0) is 14.3 Å². The van der Waals surface area contributed by atoms with Crippen molar-refractivity contribution in [1.82, 2.24) is 5.32 Å². The predicted molar refractivity (Wildman–Crippen MR) is 108 cm³/mol. The van der Waals surface area contributed by atoms with E-state index >= 15 is 0 Å². The Labute approximate surface area is 167 Å². The lowest BCUT2D eigenvalue weighted by Crippen LogP contribution is -2.47. The van der Waals surface area contributed by atoms with Gasteiger partial charge in [0, 0.05) is 29.4 Å². The first-order valence-corrected chi connectivity index (χ1v) is 9.93. The van der Waals surface area contributed by atoms with Crippen molar-refractivity contribution < 1.29 is 14.3 Å². The van der Waals surface area contributed by atoms with Gasteiger partial charge >= 0.3 is 11.8 Å². The second-order valence-corrected chi connectivity index (χ2v) is 8.28. The van der Waals surface area contributed by atoms with Gasteiger partial charge in [-0.3, -0.25) is 9.59 Å². The van der Waals surface area contributed by atoms with Crippen LogP contribution in [0.25, 0.3) is 0 Å². The fourth-order valence-electron chi connectivity index (χ4n) is 2.86. The van der Waals surface area contributed by atoms with Crippen molar-refractivity contribution in [1.29, 1.82) is 0 Å². The molecule has 0 spiro atoms. The standard InChI is InChI=1S/C20H21ClN2O3S/c21-16-8-4-5-9-17(16)23-19(25)18(24)22-14-20(10-12-26-13-11-20)27-15-6-2-1-3-7-15/h1-9H,10-14H2,(H,22,24)(H,23,25). The summed E-state index contributed by atoms with van der Waals surface area (Å²) in [5.74, 6) is -1.40. The number of thioether (sulfide) groups is 1. The monoisotopic (exact) mass is 404 g/mol. The molecule has 3 rings (SSSR count). The van der Waals surface area contributed by atoms with Gasteiger partial charge in [0.25, 0.3) is 0 Å². The maximum atomic E-state index is 12.3. The number of rotatable bonds is 5. The van der Waals surface area contributed by atoms with E-state index in [-0.39, 0.29) is 4.75 Å². The minimum Gasteiger partial charge on any atom is -0.381 e. The van der Waals surface area contributed by atoms with Crippen molar-refractivity contribution in [3.63, 3.8) is 0 Å². The van der Waals surface area contributed by atoms with Crippen LogP contribution in [0, 0.1) is 0 Å². The zero-order valence-electron chi connectivity index (χ0n) is 14.7. The van der Waals surface area contributed by atoms with Crippen LogP contribution >= 0.6 is 23.4 Å². The van der Waals surface area contributed by atoms with Gasteiger partial charge in [0.2, 0.25) is 0 Å². The van der Waals surface area contributed by atoms with Crippen LogP contribution in [0.1, 0.15) is 12.8 Å². The first-order chi connectivity index (χ1) is 13.1. The number of hydrogen-bond donors (Lipinski definition) is 2. The van der Waals surface area contributed by atoms with E-state index < -0.39 is 11.8 Å². The van der Waals surface area contributed by atoms with Crippen LogP contribution in [0.2, 0.25) is 5.02 Å². The molecule has 5 nitrogen and oxygen atoms in total. The molecule has 0 atom stereocenters. The van der Waals surface area contributed by atoms with Crippen LogP contribution in [-0.4, -0.2) is 36.3 Å². The summed E-state index contributed by atoms with van der Waals surface area (Å²) in [5, 5.41) is 5.72. The molecule has 0 saturated carbocycles. The Morgan fingerprint density at radius 2 is 1.67 bits per heavy atom. The summed E-state index contributed by atoms with van der Waals surface area (Å²) in [6.07, 6.45) is 1.61. The summed E-state index contributed by atoms with van der Waals surface area (Å²) in [4.78, 5) is 25.6. The molecular formula is C20H21ClN2O3S.